The van der Waals surface area contributed by atoms with E-state index >= 15 is 0 Å². The van der Waals surface area contributed by atoms with Gasteiger partial charge in [0.2, 0.25) is 0 Å². The van der Waals surface area contributed by atoms with Crippen molar-refractivity contribution in [1.82, 2.24) is 4.90 Å². The van der Waals surface area contributed by atoms with Gasteiger partial charge in [0, 0.05) is 30.5 Å². The second-order valence-electron chi connectivity index (χ2n) is 18.0. The van der Waals surface area contributed by atoms with Gasteiger partial charge < -0.3 is 9.47 Å². The van der Waals surface area contributed by atoms with E-state index in [0.717, 1.165) is 24.7 Å². The Morgan fingerprint density at radius 2 is 1.04 bits per heavy atom. The number of esters is 2. The smallest absolute Gasteiger partial charge is 0.338 e. The molecule has 2 aromatic rings. The zero-order valence-corrected chi connectivity index (χ0v) is 33.7. The maximum atomic E-state index is 13.3. The Labute approximate surface area is 317 Å². The third-order valence-electron chi connectivity index (χ3n) is 13.1. The molecule has 2 saturated carbocycles. The van der Waals surface area contributed by atoms with Crippen molar-refractivity contribution in [3.8, 4) is 0 Å². The lowest BCUT2D eigenvalue weighted by Crippen LogP contribution is -2.63. The first-order valence-corrected chi connectivity index (χ1v) is 21.3. The monoisotopic (exact) mass is 714 g/mol. The van der Waals surface area contributed by atoms with E-state index in [0.29, 0.717) is 36.1 Å². The number of benzene rings is 2. The van der Waals surface area contributed by atoms with E-state index in [4.69, 9.17) is 9.47 Å². The number of nitrogens with zero attached hydrogens (tertiary/aromatic N) is 1. The Morgan fingerprint density at radius 3 is 1.46 bits per heavy atom. The number of rotatable bonds is 16. The molecule has 0 N–H and O–H groups in total. The highest BCUT2D eigenvalue weighted by molar-refractivity contribution is 5.90. The molecule has 1 heterocycles. The molecule has 0 amide bonds. The molecule has 5 heteroatoms. The Hall–Kier alpha value is -2.66. The fraction of sp³-hybridized carbons (Fsp3) is 0.702. The molecule has 1 aliphatic heterocycles. The Kier molecular flexibility index (Phi) is 14.9. The van der Waals surface area contributed by atoms with Crippen LogP contribution >= 0.6 is 0 Å². The molecule has 0 aromatic heterocycles. The highest BCUT2D eigenvalue weighted by Crippen LogP contribution is 2.41. The number of piperidine rings is 1. The van der Waals surface area contributed by atoms with Gasteiger partial charge in [0.25, 0.3) is 0 Å². The van der Waals surface area contributed by atoms with Crippen LogP contribution in [0.2, 0.25) is 0 Å². The summed E-state index contributed by atoms with van der Waals surface area (Å²) < 4.78 is 12.0. The van der Waals surface area contributed by atoms with Crippen molar-refractivity contribution in [3.05, 3.63) is 70.8 Å². The van der Waals surface area contributed by atoms with Crippen LogP contribution in [0.1, 0.15) is 201 Å². The van der Waals surface area contributed by atoms with Crippen molar-refractivity contribution < 1.29 is 19.1 Å². The molecular formula is C47H71NO4. The van der Waals surface area contributed by atoms with Crippen LogP contribution in [0.3, 0.4) is 0 Å². The zero-order valence-electron chi connectivity index (χ0n) is 33.7. The van der Waals surface area contributed by atoms with Crippen molar-refractivity contribution in [2.24, 2.45) is 11.8 Å². The van der Waals surface area contributed by atoms with Crippen molar-refractivity contribution in [2.45, 2.75) is 186 Å². The fourth-order valence-corrected chi connectivity index (χ4v) is 10.2. The van der Waals surface area contributed by atoms with Crippen LogP contribution in [0, 0.1) is 11.8 Å². The van der Waals surface area contributed by atoms with E-state index < -0.39 is 0 Å². The summed E-state index contributed by atoms with van der Waals surface area (Å²) in [5, 5.41) is 0. The number of carbonyl (C=O) groups excluding carboxylic acids is 2. The van der Waals surface area contributed by atoms with Crippen molar-refractivity contribution in [1.29, 1.82) is 0 Å². The second kappa shape index (κ2) is 19.1. The van der Waals surface area contributed by atoms with Gasteiger partial charge in [-0.15, -0.1) is 0 Å². The molecule has 2 aliphatic carbocycles. The lowest BCUT2D eigenvalue weighted by molar-refractivity contribution is -0.0927. The molecule has 0 atom stereocenters. The van der Waals surface area contributed by atoms with Gasteiger partial charge in [0.1, 0.15) is 12.7 Å². The molecule has 5 rings (SSSR count). The van der Waals surface area contributed by atoms with Gasteiger partial charge in [-0.1, -0.05) is 89.5 Å². The molecule has 3 fully saturated rings. The number of hydrogen-bond donors (Lipinski definition) is 0. The molecule has 3 aliphatic rings. The van der Waals surface area contributed by atoms with Crippen LogP contribution in [-0.4, -0.2) is 47.2 Å². The predicted molar refractivity (Wildman–Crippen MR) is 214 cm³/mol. The summed E-state index contributed by atoms with van der Waals surface area (Å²) in [4.78, 5) is 28.8. The first-order valence-electron chi connectivity index (χ1n) is 21.3. The van der Waals surface area contributed by atoms with Crippen LogP contribution in [0.5, 0.6) is 0 Å². The quantitative estimate of drug-likeness (QED) is 0.128. The summed E-state index contributed by atoms with van der Waals surface area (Å²) in [7, 11) is 0. The largest absolute Gasteiger partial charge is 0.461 e. The third-order valence-corrected chi connectivity index (χ3v) is 13.1. The zero-order chi connectivity index (χ0) is 37.1. The summed E-state index contributed by atoms with van der Waals surface area (Å²) in [6.07, 6.45) is 22.5. The minimum Gasteiger partial charge on any atom is -0.461 e. The number of likely N-dealkylation sites (tertiary alicyclic amines) is 1. The first-order chi connectivity index (χ1) is 25.0. The first kappa shape index (κ1) is 40.5. The van der Waals surface area contributed by atoms with Crippen LogP contribution < -0.4 is 0 Å². The summed E-state index contributed by atoms with van der Waals surface area (Å²) in [6.45, 7) is 14.4. The molecule has 5 nitrogen and oxygen atoms in total. The molecule has 288 valence electrons. The normalized spacial score (nSPS) is 25.0. The molecular weight excluding hydrogens is 643 g/mol. The van der Waals surface area contributed by atoms with Gasteiger partial charge in [0.15, 0.2) is 0 Å². The number of ether oxygens (including phenoxy) is 2. The van der Waals surface area contributed by atoms with E-state index in [1.54, 1.807) is 0 Å². The van der Waals surface area contributed by atoms with E-state index in [9.17, 15) is 9.59 Å². The summed E-state index contributed by atoms with van der Waals surface area (Å²) >= 11 is 0. The highest BCUT2D eigenvalue weighted by atomic mass is 16.5. The maximum Gasteiger partial charge on any atom is 0.338 e. The molecule has 52 heavy (non-hydrogen) atoms. The molecule has 0 radical (unpaired) electrons. The average Bonchev–Trinajstić information content (AvgIpc) is 3.13. The predicted octanol–water partition coefficient (Wildman–Crippen LogP) is 12.4. The van der Waals surface area contributed by atoms with Crippen LogP contribution in [-0.2, 0) is 9.47 Å². The van der Waals surface area contributed by atoms with Crippen LogP contribution in [0.4, 0.5) is 0 Å². The van der Waals surface area contributed by atoms with Gasteiger partial charge >= 0.3 is 11.9 Å². The topological polar surface area (TPSA) is 55.8 Å². The Balaban J connectivity index is 1.05. The lowest BCUT2D eigenvalue weighted by Gasteiger charge is -2.54. The van der Waals surface area contributed by atoms with Gasteiger partial charge in [-0.05, 0) is 138 Å². The van der Waals surface area contributed by atoms with Crippen LogP contribution in [0.15, 0.2) is 48.5 Å². The van der Waals surface area contributed by atoms with E-state index in [1.807, 2.05) is 24.3 Å². The van der Waals surface area contributed by atoms with Gasteiger partial charge in [-0.25, -0.2) is 9.59 Å². The lowest BCUT2D eigenvalue weighted by atomic mass is 9.77. The molecule has 1 saturated heterocycles. The molecule has 0 spiro atoms. The summed E-state index contributed by atoms with van der Waals surface area (Å²) in [5.74, 6) is 2.53. The summed E-state index contributed by atoms with van der Waals surface area (Å²) in [5.41, 5.74) is 3.53. The third kappa shape index (κ3) is 11.2. The Morgan fingerprint density at radius 1 is 0.615 bits per heavy atom. The molecule has 2 aromatic carbocycles. The van der Waals surface area contributed by atoms with E-state index in [1.165, 1.54) is 114 Å². The van der Waals surface area contributed by atoms with Gasteiger partial charge in [0.05, 0.1) is 11.1 Å². The van der Waals surface area contributed by atoms with Crippen molar-refractivity contribution in [2.75, 3.05) is 13.2 Å². The SMILES string of the molecule is CCCCCC1CCC(c2ccc(C(=O)OCCN3C(C)(C)CC(OC(=O)c4ccc(C5CCC(CCCCC)CC5)cc4)CC3(C)C)cc2)CC1. The summed E-state index contributed by atoms with van der Waals surface area (Å²) in [6, 6.07) is 16.5. The number of unbranched alkanes of at least 4 members (excludes halogenated alkanes) is 4. The van der Waals surface area contributed by atoms with Crippen molar-refractivity contribution >= 4 is 11.9 Å². The van der Waals surface area contributed by atoms with Crippen molar-refractivity contribution in [3.63, 3.8) is 0 Å². The van der Waals surface area contributed by atoms with Gasteiger partial charge in [-0.3, -0.25) is 4.90 Å². The van der Waals surface area contributed by atoms with Crippen LogP contribution in [0.25, 0.3) is 0 Å². The fourth-order valence-electron chi connectivity index (χ4n) is 10.2. The molecule has 0 unspecified atom stereocenters. The average molecular weight is 714 g/mol. The highest BCUT2D eigenvalue weighted by Gasteiger charge is 2.46. The minimum atomic E-state index is -0.258. The number of hydrogen-bond acceptors (Lipinski definition) is 5. The van der Waals surface area contributed by atoms with Gasteiger partial charge in [-0.2, -0.15) is 0 Å². The second-order valence-corrected chi connectivity index (χ2v) is 18.0. The minimum absolute atomic E-state index is 0.173. The molecule has 0 bridgehead atoms. The van der Waals surface area contributed by atoms with E-state index in [2.05, 4.69) is 70.7 Å². The van der Waals surface area contributed by atoms with E-state index in [-0.39, 0.29) is 29.1 Å². The standard InChI is InChI=1S/C47H71NO4/c1-7-9-11-13-35-15-19-37(20-16-35)39-23-27-41(28-24-39)44(49)51-32-31-48-46(3,4)33-43(34-47(48,5)6)52-45(50)42-29-25-40(26-30-42)38-21-17-36(18-22-38)14-12-10-8-2/h23-30,35-38,43H,7-22,31-34H2,1-6H3. The Bertz CT molecular complexity index is 1360. The maximum absolute atomic E-state index is 13.3. The number of carbonyl (C=O) groups is 2.